The Morgan fingerprint density at radius 2 is 1.56 bits per heavy atom. The Bertz CT molecular complexity index is 491. The number of hydrogen-bond donors (Lipinski definition) is 0. The van der Waals surface area contributed by atoms with Crippen LogP contribution in [0.3, 0.4) is 0 Å². The van der Waals surface area contributed by atoms with E-state index in [1.807, 2.05) is 9.24 Å². The van der Waals surface area contributed by atoms with Gasteiger partial charge in [-0.05, 0) is 49.9 Å². The molecular formula is C19H34FO4P. The van der Waals surface area contributed by atoms with Crippen molar-refractivity contribution in [2.45, 2.75) is 79.1 Å². The van der Waals surface area contributed by atoms with Crippen molar-refractivity contribution in [3.63, 3.8) is 0 Å². The van der Waals surface area contributed by atoms with Gasteiger partial charge in [0, 0.05) is 0 Å². The van der Waals surface area contributed by atoms with E-state index in [1.165, 1.54) is 0 Å². The molecule has 0 N–H and O–H groups in total. The summed E-state index contributed by atoms with van der Waals surface area (Å²) in [5.74, 6) is -1.01. The van der Waals surface area contributed by atoms with Crippen molar-refractivity contribution in [1.29, 1.82) is 0 Å². The fourth-order valence-corrected chi connectivity index (χ4v) is 3.51. The number of esters is 2. The lowest BCUT2D eigenvalue weighted by molar-refractivity contribution is -0.183. The third kappa shape index (κ3) is 5.91. The van der Waals surface area contributed by atoms with E-state index in [9.17, 15) is 14.0 Å². The number of carbonyl (C=O) groups is 2. The highest BCUT2D eigenvalue weighted by molar-refractivity contribution is 7.20. The predicted octanol–water partition coefficient (Wildman–Crippen LogP) is 4.66. The summed E-state index contributed by atoms with van der Waals surface area (Å²) in [4.78, 5) is 24.0. The van der Waals surface area contributed by atoms with Gasteiger partial charge in [-0.2, -0.15) is 0 Å². The molecule has 0 spiro atoms. The lowest BCUT2D eigenvalue weighted by atomic mass is 9.47. The van der Waals surface area contributed by atoms with Gasteiger partial charge in [0.05, 0.1) is 18.6 Å². The molecule has 1 rings (SSSR count). The molecule has 1 aliphatic rings. The minimum atomic E-state index is -2.05. The van der Waals surface area contributed by atoms with Crippen molar-refractivity contribution in [2.24, 2.45) is 16.2 Å². The molecule has 0 radical (unpaired) electrons. The van der Waals surface area contributed by atoms with Crippen LogP contribution in [0.25, 0.3) is 0 Å². The van der Waals surface area contributed by atoms with Crippen LogP contribution in [0.1, 0.15) is 73.6 Å². The van der Waals surface area contributed by atoms with Crippen LogP contribution in [-0.4, -0.2) is 30.6 Å². The first-order valence-electron chi connectivity index (χ1n) is 9.04. The summed E-state index contributed by atoms with van der Waals surface area (Å²) in [5.41, 5.74) is -0.396. The second kappa shape index (κ2) is 7.90. The summed E-state index contributed by atoms with van der Waals surface area (Å²) in [6, 6.07) is 0. The van der Waals surface area contributed by atoms with Gasteiger partial charge < -0.3 is 9.47 Å². The largest absolute Gasteiger partial charge is 0.465 e. The second-order valence-electron chi connectivity index (χ2n) is 9.26. The van der Waals surface area contributed by atoms with Crippen molar-refractivity contribution in [3.8, 4) is 0 Å². The fourth-order valence-electron chi connectivity index (χ4n) is 3.42. The van der Waals surface area contributed by atoms with E-state index < -0.39 is 16.8 Å². The zero-order chi connectivity index (χ0) is 19.5. The Kier molecular flexibility index (Phi) is 7.06. The highest BCUT2D eigenvalue weighted by Crippen LogP contribution is 2.61. The summed E-state index contributed by atoms with van der Waals surface area (Å²) in [6.07, 6.45) is 3.84. The van der Waals surface area contributed by atoms with Gasteiger partial charge in [0.1, 0.15) is 0 Å². The molecule has 3 unspecified atom stereocenters. The summed E-state index contributed by atoms with van der Waals surface area (Å²) in [7, 11) is 1.81. The van der Waals surface area contributed by atoms with E-state index in [2.05, 4.69) is 34.6 Å². The molecule has 0 aromatic rings. The smallest absolute Gasteiger partial charge is 0.347 e. The Labute approximate surface area is 153 Å². The van der Waals surface area contributed by atoms with Crippen LogP contribution in [0.5, 0.6) is 0 Å². The van der Waals surface area contributed by atoms with Gasteiger partial charge in [-0.3, -0.25) is 4.79 Å². The highest BCUT2D eigenvalue weighted by atomic mass is 31.0. The molecule has 1 aliphatic carbocycles. The number of ether oxygens (including phenoxy) is 2. The van der Waals surface area contributed by atoms with E-state index in [-0.39, 0.29) is 23.4 Å². The van der Waals surface area contributed by atoms with E-state index >= 15 is 0 Å². The molecule has 0 aliphatic heterocycles. The lowest BCUT2D eigenvalue weighted by Crippen LogP contribution is -2.55. The van der Waals surface area contributed by atoms with Crippen LogP contribution in [0.15, 0.2) is 0 Å². The molecule has 3 atom stereocenters. The van der Waals surface area contributed by atoms with E-state index in [1.54, 1.807) is 0 Å². The summed E-state index contributed by atoms with van der Waals surface area (Å²) < 4.78 is 23.7. The molecule has 6 heteroatoms. The summed E-state index contributed by atoms with van der Waals surface area (Å²) in [5, 5.41) is -2.05. The van der Waals surface area contributed by atoms with Crippen LogP contribution >= 0.6 is 9.24 Å². The molecule has 0 saturated heterocycles. The number of unbranched alkanes of at least 4 members (excludes halogenated alkanes) is 1. The molecule has 4 nitrogen and oxygen atoms in total. The van der Waals surface area contributed by atoms with Crippen LogP contribution in [0.2, 0.25) is 0 Å². The predicted molar refractivity (Wildman–Crippen MR) is 99.9 cm³/mol. The topological polar surface area (TPSA) is 52.6 Å². The number of alkyl halides is 1. The molecular weight excluding hydrogens is 342 g/mol. The first-order chi connectivity index (χ1) is 11.2. The Morgan fingerprint density at radius 1 is 1.04 bits per heavy atom. The molecule has 25 heavy (non-hydrogen) atoms. The maximum Gasteiger partial charge on any atom is 0.347 e. The first kappa shape index (κ1) is 22.3. The Balaban J connectivity index is 2.41. The van der Waals surface area contributed by atoms with Gasteiger partial charge in [-0.25, -0.2) is 9.18 Å². The van der Waals surface area contributed by atoms with Gasteiger partial charge in [-0.1, -0.05) is 43.9 Å². The summed E-state index contributed by atoms with van der Waals surface area (Å²) in [6.45, 7) is 12.3. The third-order valence-corrected chi connectivity index (χ3v) is 5.33. The zero-order valence-corrected chi connectivity index (χ0v) is 17.7. The molecule has 0 heterocycles. The van der Waals surface area contributed by atoms with Crippen molar-refractivity contribution in [3.05, 3.63) is 0 Å². The van der Waals surface area contributed by atoms with E-state index in [0.717, 1.165) is 26.2 Å². The molecule has 0 aromatic carbocycles. The van der Waals surface area contributed by atoms with Crippen LogP contribution in [0.4, 0.5) is 4.39 Å². The van der Waals surface area contributed by atoms with E-state index in [4.69, 9.17) is 9.47 Å². The monoisotopic (exact) mass is 376 g/mol. The Morgan fingerprint density at radius 3 is 1.92 bits per heavy atom. The van der Waals surface area contributed by atoms with Crippen molar-refractivity contribution >= 4 is 21.2 Å². The average molecular weight is 376 g/mol. The van der Waals surface area contributed by atoms with Gasteiger partial charge >= 0.3 is 11.9 Å². The average Bonchev–Trinajstić information content (AvgIpc) is 2.44. The lowest BCUT2D eigenvalue weighted by Gasteiger charge is -2.56. The third-order valence-electron chi connectivity index (χ3n) is 5.10. The maximum atomic E-state index is 13.3. The first-order valence-corrected chi connectivity index (χ1v) is 9.61. The normalized spacial score (nSPS) is 24.8. The molecule has 0 amide bonds. The fraction of sp³-hybridized carbons (Fsp3) is 0.895. The van der Waals surface area contributed by atoms with Gasteiger partial charge in [0.25, 0.3) is 0 Å². The molecule has 1 saturated carbocycles. The quantitative estimate of drug-likeness (QED) is 0.351. The number of hydrogen-bond acceptors (Lipinski definition) is 4. The number of halogens is 1. The second-order valence-corrected chi connectivity index (χ2v) is 10.3. The van der Waals surface area contributed by atoms with Crippen molar-refractivity contribution in [1.82, 2.24) is 0 Å². The standard InChI is InChI=1S/C19H34FO4P/c1-16(2,3)13-19(10-9-17(19,4)5)15(22)24-12-8-7-11-23-14(21)18(6,20)25/h7-13,25H2,1-6H3. The van der Waals surface area contributed by atoms with Crippen molar-refractivity contribution < 1.29 is 23.5 Å². The number of carbonyl (C=O) groups excluding carboxylic acids is 2. The molecule has 1 fully saturated rings. The minimum Gasteiger partial charge on any atom is -0.465 e. The van der Waals surface area contributed by atoms with Gasteiger partial charge in [0.15, 0.2) is 0 Å². The SMILES string of the molecule is CC(C)(C)CC1(C(=O)OCCCCOC(=O)C(C)(F)P)CCC1(C)C. The highest BCUT2D eigenvalue weighted by Gasteiger charge is 2.60. The van der Waals surface area contributed by atoms with E-state index in [0.29, 0.717) is 19.4 Å². The molecule has 0 aromatic heterocycles. The summed E-state index contributed by atoms with van der Waals surface area (Å²) >= 11 is 0. The molecule has 146 valence electrons. The van der Waals surface area contributed by atoms with Crippen LogP contribution in [-0.2, 0) is 19.1 Å². The minimum absolute atomic E-state index is 0.0444. The van der Waals surface area contributed by atoms with Crippen LogP contribution < -0.4 is 0 Å². The van der Waals surface area contributed by atoms with Crippen molar-refractivity contribution in [2.75, 3.05) is 13.2 Å². The van der Waals surface area contributed by atoms with Crippen LogP contribution in [0, 0.1) is 16.2 Å². The van der Waals surface area contributed by atoms with Gasteiger partial charge in [0.2, 0.25) is 5.41 Å². The maximum absolute atomic E-state index is 13.3. The Hall–Kier alpha value is -0.700. The molecule has 0 bridgehead atoms. The number of rotatable bonds is 8. The van der Waals surface area contributed by atoms with Gasteiger partial charge in [-0.15, -0.1) is 0 Å². The zero-order valence-electron chi connectivity index (χ0n) is 16.5.